The van der Waals surface area contributed by atoms with Crippen molar-refractivity contribution in [2.75, 3.05) is 12.3 Å². The predicted molar refractivity (Wildman–Crippen MR) is 44.3 cm³/mol. The second kappa shape index (κ2) is 4.89. The fourth-order valence-electron chi connectivity index (χ4n) is 1.44. The Morgan fingerprint density at radius 3 is 2.92 bits per heavy atom. The molecule has 1 aliphatic heterocycles. The zero-order valence-electron chi connectivity index (χ0n) is 6.79. The van der Waals surface area contributed by atoms with Gasteiger partial charge in [0.15, 0.2) is 0 Å². The summed E-state index contributed by atoms with van der Waals surface area (Å²) in [5.74, 6) is 0.190. The molecular weight excluding hydrogens is 181 g/mol. The Morgan fingerprint density at radius 1 is 1.67 bits per heavy atom. The van der Waals surface area contributed by atoms with Gasteiger partial charge < -0.3 is 9.87 Å². The van der Waals surface area contributed by atoms with E-state index in [1.54, 1.807) is 0 Å². The Bertz CT molecular complexity index is 167. The van der Waals surface area contributed by atoms with E-state index < -0.39 is 17.3 Å². The highest BCUT2D eigenvalue weighted by molar-refractivity contribution is 7.79. The smallest absolute Gasteiger partial charge is 0.114 e. The molecule has 72 valence electrons. The second-order valence-corrected chi connectivity index (χ2v) is 4.10. The Labute approximate surface area is 74.0 Å². The zero-order chi connectivity index (χ0) is 8.97. The quantitative estimate of drug-likeness (QED) is 0.657. The van der Waals surface area contributed by atoms with Crippen molar-refractivity contribution in [3.05, 3.63) is 0 Å². The first kappa shape index (κ1) is 10.1. The Balaban J connectivity index is 2.04. The van der Waals surface area contributed by atoms with Crippen molar-refractivity contribution in [2.24, 2.45) is 0 Å². The van der Waals surface area contributed by atoms with Crippen molar-refractivity contribution in [3.63, 3.8) is 0 Å². The summed E-state index contributed by atoms with van der Waals surface area (Å²) in [6.45, 7) is 0.422. The van der Waals surface area contributed by atoms with Gasteiger partial charge in [-0.25, -0.2) is 4.39 Å². The summed E-state index contributed by atoms with van der Waals surface area (Å²) >= 11 is -1.95. The van der Waals surface area contributed by atoms with Crippen molar-refractivity contribution in [3.8, 4) is 0 Å². The lowest BCUT2D eigenvalue weighted by Crippen LogP contribution is -2.21. The molecule has 5 heteroatoms. The first-order chi connectivity index (χ1) is 5.68. The molecule has 3 atom stereocenters. The second-order valence-electron chi connectivity index (χ2n) is 3.09. The molecule has 0 spiro atoms. The van der Waals surface area contributed by atoms with Crippen LogP contribution in [0.4, 0.5) is 4.39 Å². The molecule has 1 heterocycles. The number of alkyl halides is 1. The van der Waals surface area contributed by atoms with Crippen molar-refractivity contribution >= 4 is 11.1 Å². The predicted octanol–water partition coefficient (Wildman–Crippen LogP) is 0.346. The summed E-state index contributed by atoms with van der Waals surface area (Å²) < 4.78 is 32.9. The van der Waals surface area contributed by atoms with Gasteiger partial charge in [0.2, 0.25) is 0 Å². The Morgan fingerprint density at radius 2 is 2.42 bits per heavy atom. The molecule has 0 aliphatic carbocycles. The number of halogens is 1. The van der Waals surface area contributed by atoms with Gasteiger partial charge in [0.25, 0.3) is 0 Å². The van der Waals surface area contributed by atoms with Gasteiger partial charge in [0.1, 0.15) is 6.17 Å². The molecule has 0 radical (unpaired) electrons. The SMILES string of the molecule is O=S([O-])CCC[C@@H]1C[C@@H](F)CN1. The van der Waals surface area contributed by atoms with Gasteiger partial charge in [-0.3, -0.25) is 4.21 Å². The van der Waals surface area contributed by atoms with E-state index in [0.717, 1.165) is 6.42 Å². The van der Waals surface area contributed by atoms with Gasteiger partial charge in [-0.15, -0.1) is 0 Å². The fraction of sp³-hybridized carbons (Fsp3) is 1.00. The van der Waals surface area contributed by atoms with Gasteiger partial charge in [0, 0.05) is 18.3 Å². The lowest BCUT2D eigenvalue weighted by molar-refractivity contribution is 0.353. The number of nitrogens with one attached hydrogen (secondary N) is 1. The van der Waals surface area contributed by atoms with Gasteiger partial charge in [-0.2, -0.15) is 0 Å². The maximum Gasteiger partial charge on any atom is 0.114 e. The average molecular weight is 194 g/mol. The van der Waals surface area contributed by atoms with Crippen LogP contribution in [0.1, 0.15) is 19.3 Å². The highest BCUT2D eigenvalue weighted by Gasteiger charge is 2.22. The minimum Gasteiger partial charge on any atom is -0.772 e. The maximum absolute atomic E-state index is 12.6. The highest BCUT2D eigenvalue weighted by Crippen LogP contribution is 2.14. The molecule has 1 fully saturated rings. The molecule has 3 nitrogen and oxygen atoms in total. The molecule has 1 N–H and O–H groups in total. The number of rotatable bonds is 4. The molecule has 0 aromatic rings. The minimum absolute atomic E-state index is 0.184. The molecule has 0 bridgehead atoms. The fourth-order valence-corrected chi connectivity index (χ4v) is 1.84. The first-order valence-corrected chi connectivity index (χ1v) is 5.36. The molecule has 0 aromatic heterocycles. The van der Waals surface area contributed by atoms with Crippen molar-refractivity contribution in [2.45, 2.75) is 31.5 Å². The largest absolute Gasteiger partial charge is 0.772 e. The van der Waals surface area contributed by atoms with Crippen LogP contribution in [0.25, 0.3) is 0 Å². The van der Waals surface area contributed by atoms with Gasteiger partial charge >= 0.3 is 0 Å². The Hall–Kier alpha value is -0.0000000000000000486. The lowest BCUT2D eigenvalue weighted by Gasteiger charge is -2.09. The van der Waals surface area contributed by atoms with E-state index in [1.807, 2.05) is 0 Å². The summed E-state index contributed by atoms with van der Waals surface area (Å²) in [5, 5.41) is 3.00. The summed E-state index contributed by atoms with van der Waals surface area (Å²) in [7, 11) is 0. The van der Waals surface area contributed by atoms with E-state index in [2.05, 4.69) is 5.32 Å². The Kier molecular flexibility index (Phi) is 4.11. The van der Waals surface area contributed by atoms with E-state index >= 15 is 0 Å². The van der Waals surface area contributed by atoms with Crippen LogP contribution in [-0.2, 0) is 11.1 Å². The van der Waals surface area contributed by atoms with Crippen LogP contribution >= 0.6 is 0 Å². The summed E-state index contributed by atoms with van der Waals surface area (Å²) in [5.41, 5.74) is 0. The molecule has 1 rings (SSSR count). The van der Waals surface area contributed by atoms with Crippen LogP contribution in [0, 0.1) is 0 Å². The van der Waals surface area contributed by atoms with Gasteiger partial charge in [0.05, 0.1) is 0 Å². The van der Waals surface area contributed by atoms with Crippen LogP contribution < -0.4 is 5.32 Å². The average Bonchev–Trinajstić information content (AvgIpc) is 2.35. The molecule has 1 aliphatic rings. The standard InChI is InChI=1S/C7H14FNO2S/c8-6-4-7(9-5-6)2-1-3-12(10)11/h6-7,9H,1-5H2,(H,10,11)/p-1/t6-,7-/m1/s1. The molecule has 12 heavy (non-hydrogen) atoms. The molecular formula is C7H13FNO2S-. The van der Waals surface area contributed by atoms with E-state index in [9.17, 15) is 13.2 Å². The van der Waals surface area contributed by atoms with E-state index in [1.165, 1.54) is 0 Å². The van der Waals surface area contributed by atoms with Gasteiger partial charge in [-0.05, 0) is 19.3 Å². The van der Waals surface area contributed by atoms with E-state index in [0.29, 0.717) is 19.4 Å². The minimum atomic E-state index is -1.95. The zero-order valence-corrected chi connectivity index (χ0v) is 7.61. The van der Waals surface area contributed by atoms with Gasteiger partial charge in [-0.1, -0.05) is 11.1 Å². The van der Waals surface area contributed by atoms with Crippen molar-refractivity contribution < 1.29 is 13.2 Å². The summed E-state index contributed by atoms with van der Waals surface area (Å²) in [6.07, 6.45) is 1.17. The molecule has 0 saturated carbocycles. The number of hydrogen-bond acceptors (Lipinski definition) is 3. The normalized spacial score (nSPS) is 32.2. The summed E-state index contributed by atoms with van der Waals surface area (Å²) in [4.78, 5) is 0. The van der Waals surface area contributed by atoms with Crippen LogP contribution in [0.15, 0.2) is 0 Å². The highest BCUT2D eigenvalue weighted by atomic mass is 32.2. The van der Waals surface area contributed by atoms with Crippen LogP contribution in [-0.4, -0.2) is 33.3 Å². The monoisotopic (exact) mass is 194 g/mol. The lowest BCUT2D eigenvalue weighted by atomic mass is 10.1. The third kappa shape index (κ3) is 3.60. The topological polar surface area (TPSA) is 52.2 Å². The molecule has 0 aromatic carbocycles. The third-order valence-corrected chi connectivity index (χ3v) is 2.65. The third-order valence-electron chi connectivity index (χ3n) is 2.03. The first-order valence-electron chi connectivity index (χ1n) is 4.12. The van der Waals surface area contributed by atoms with Crippen LogP contribution in [0.5, 0.6) is 0 Å². The molecule has 1 unspecified atom stereocenters. The van der Waals surface area contributed by atoms with Crippen LogP contribution in [0.2, 0.25) is 0 Å². The van der Waals surface area contributed by atoms with Crippen molar-refractivity contribution in [1.82, 2.24) is 5.32 Å². The van der Waals surface area contributed by atoms with Crippen molar-refractivity contribution in [1.29, 1.82) is 0 Å². The van der Waals surface area contributed by atoms with Crippen LogP contribution in [0.3, 0.4) is 0 Å². The van der Waals surface area contributed by atoms with E-state index in [-0.39, 0.29) is 11.8 Å². The van der Waals surface area contributed by atoms with E-state index in [4.69, 9.17) is 0 Å². The maximum atomic E-state index is 12.6. The number of hydrogen-bond donors (Lipinski definition) is 1. The molecule has 1 saturated heterocycles. The molecule has 0 amide bonds. The summed E-state index contributed by atoms with van der Waals surface area (Å²) in [6, 6.07) is 0.184.